The quantitative estimate of drug-likeness (QED) is 0.241. The maximum atomic E-state index is 11.7. The van der Waals surface area contributed by atoms with Gasteiger partial charge in [-0.25, -0.2) is 9.59 Å². The van der Waals surface area contributed by atoms with Crippen molar-refractivity contribution in [3.8, 4) is 0 Å². The molecule has 0 aliphatic carbocycles. The summed E-state index contributed by atoms with van der Waals surface area (Å²) in [5, 5.41) is 11.4. The molecule has 0 saturated carbocycles. The third-order valence-electron chi connectivity index (χ3n) is 3.52. The van der Waals surface area contributed by atoms with Crippen LogP contribution in [0.2, 0.25) is 0 Å². The second-order valence-electron chi connectivity index (χ2n) is 5.34. The Morgan fingerprint density at radius 1 is 1.33 bits per heavy atom. The molecule has 1 aliphatic rings. The fourth-order valence-electron chi connectivity index (χ4n) is 2.36. The fourth-order valence-corrected chi connectivity index (χ4v) is 2.36. The maximum Gasteiger partial charge on any atom is 0.345 e. The number of aryl methyl sites for hydroxylation is 1. The molecular weight excluding hydrogens is 314 g/mol. The molecular formula is C17H19NO6. The Morgan fingerprint density at radius 3 is 2.75 bits per heavy atom. The molecule has 0 amide bonds. The van der Waals surface area contributed by atoms with Crippen molar-refractivity contribution < 1.29 is 29.0 Å². The largest absolute Gasteiger partial charge is 0.478 e. The molecule has 2 atom stereocenters. The van der Waals surface area contributed by atoms with Crippen molar-refractivity contribution >= 4 is 18.2 Å². The van der Waals surface area contributed by atoms with E-state index < -0.39 is 23.9 Å². The third-order valence-corrected chi connectivity index (χ3v) is 3.52. The Labute approximate surface area is 139 Å². The first-order chi connectivity index (χ1) is 11.6. The van der Waals surface area contributed by atoms with Crippen LogP contribution in [0.3, 0.4) is 0 Å². The monoisotopic (exact) mass is 333 g/mol. The number of rotatable bonds is 8. The third kappa shape index (κ3) is 5.60. The van der Waals surface area contributed by atoms with E-state index in [1.54, 1.807) is 0 Å². The van der Waals surface area contributed by atoms with Crippen molar-refractivity contribution in [2.24, 2.45) is 0 Å². The first-order valence-corrected chi connectivity index (χ1v) is 7.62. The molecule has 1 fully saturated rings. The van der Waals surface area contributed by atoms with E-state index in [0.29, 0.717) is 12.6 Å². The molecule has 2 rings (SSSR count). The number of carboxylic acids is 1. The Kier molecular flexibility index (Phi) is 6.65. The highest BCUT2D eigenvalue weighted by molar-refractivity contribution is 6.11. The van der Waals surface area contributed by atoms with Crippen molar-refractivity contribution in [2.45, 2.75) is 31.8 Å². The summed E-state index contributed by atoms with van der Waals surface area (Å²) < 4.78 is 10.4. The Bertz CT molecular complexity index is 613. The molecule has 1 heterocycles. The van der Waals surface area contributed by atoms with E-state index in [2.05, 4.69) is 17.4 Å². The summed E-state index contributed by atoms with van der Waals surface area (Å²) in [4.78, 5) is 32.9. The number of carbonyl (C=O) groups excluding carboxylic acids is 2. The van der Waals surface area contributed by atoms with Crippen LogP contribution in [0.25, 0.3) is 0 Å². The lowest BCUT2D eigenvalue weighted by Crippen LogP contribution is -2.29. The van der Waals surface area contributed by atoms with Crippen LogP contribution < -0.4 is 5.32 Å². The molecule has 0 bridgehead atoms. The maximum absolute atomic E-state index is 11.7. The van der Waals surface area contributed by atoms with Gasteiger partial charge in [-0.1, -0.05) is 30.3 Å². The van der Waals surface area contributed by atoms with Crippen LogP contribution in [0.4, 0.5) is 0 Å². The van der Waals surface area contributed by atoms with Gasteiger partial charge in [0.05, 0.1) is 6.10 Å². The first kappa shape index (κ1) is 17.8. The van der Waals surface area contributed by atoms with Crippen molar-refractivity contribution in [2.75, 3.05) is 6.54 Å². The van der Waals surface area contributed by atoms with Crippen LogP contribution >= 0.6 is 0 Å². The summed E-state index contributed by atoms with van der Waals surface area (Å²) in [6.45, 7) is 0.520. The molecule has 0 spiro atoms. The summed E-state index contributed by atoms with van der Waals surface area (Å²) in [6, 6.07) is 10.1. The molecule has 1 aromatic rings. The van der Waals surface area contributed by atoms with Crippen LogP contribution in [0.15, 0.2) is 42.0 Å². The van der Waals surface area contributed by atoms with E-state index in [1.807, 2.05) is 18.2 Å². The van der Waals surface area contributed by atoms with Gasteiger partial charge < -0.3 is 14.6 Å². The van der Waals surface area contributed by atoms with Crippen LogP contribution in [0, 0.1) is 0 Å². The number of hydrogen-bond acceptors (Lipinski definition) is 6. The van der Waals surface area contributed by atoms with Gasteiger partial charge in [-0.15, -0.1) is 0 Å². The van der Waals surface area contributed by atoms with Crippen molar-refractivity contribution in [1.82, 2.24) is 5.32 Å². The smallest absolute Gasteiger partial charge is 0.345 e. The van der Waals surface area contributed by atoms with E-state index in [9.17, 15) is 14.4 Å². The van der Waals surface area contributed by atoms with Crippen molar-refractivity contribution in [1.29, 1.82) is 0 Å². The lowest BCUT2D eigenvalue weighted by molar-refractivity contribution is -0.174. The number of benzene rings is 1. The van der Waals surface area contributed by atoms with E-state index in [-0.39, 0.29) is 12.4 Å². The average molecular weight is 333 g/mol. The van der Waals surface area contributed by atoms with E-state index in [0.717, 1.165) is 19.3 Å². The average Bonchev–Trinajstić information content (AvgIpc) is 3.00. The number of ether oxygens (including phenoxy) is 2. The predicted molar refractivity (Wildman–Crippen MR) is 83.9 cm³/mol. The number of aldehydes is 1. The summed E-state index contributed by atoms with van der Waals surface area (Å²) >= 11 is 0. The Balaban J connectivity index is 1.73. The summed E-state index contributed by atoms with van der Waals surface area (Å²) in [7, 11) is 0. The number of carbonyl (C=O) groups is 3. The fraction of sp³-hybridized carbons (Fsp3) is 0.353. The van der Waals surface area contributed by atoms with E-state index in [4.69, 9.17) is 14.6 Å². The Morgan fingerprint density at radius 2 is 2.08 bits per heavy atom. The standard InChI is InChI=1S/C17H19NO6/c19-11-13(9-15(20)21)16(22)24-17-18-10-14(23-17)8-4-7-12-5-2-1-3-6-12/h1-3,5-6,9,11,14,17-18H,4,7-8,10H2,(H,20,21)/b13-9+. The van der Waals surface area contributed by atoms with Crippen LogP contribution in [0.5, 0.6) is 0 Å². The second kappa shape index (κ2) is 8.95. The number of hydrogen-bond donors (Lipinski definition) is 2. The zero-order valence-corrected chi connectivity index (χ0v) is 13.0. The number of esters is 1. The summed E-state index contributed by atoms with van der Waals surface area (Å²) in [6.07, 6.45) is 2.22. The highest BCUT2D eigenvalue weighted by Crippen LogP contribution is 2.15. The predicted octanol–water partition coefficient (Wildman–Crippen LogP) is 1.03. The van der Waals surface area contributed by atoms with Gasteiger partial charge in [0.25, 0.3) is 6.41 Å². The van der Waals surface area contributed by atoms with Gasteiger partial charge in [0.15, 0.2) is 6.29 Å². The SMILES string of the molecule is O=C/C(=C\C(=O)O)C(=O)OC1NCC(CCCc2ccccc2)O1. The molecule has 2 unspecified atom stereocenters. The molecule has 1 aromatic carbocycles. The topological polar surface area (TPSA) is 102 Å². The van der Waals surface area contributed by atoms with Gasteiger partial charge in [0.2, 0.25) is 0 Å². The van der Waals surface area contributed by atoms with Crippen molar-refractivity contribution in [3.63, 3.8) is 0 Å². The number of nitrogens with one attached hydrogen (secondary N) is 1. The molecule has 2 N–H and O–H groups in total. The molecule has 1 aliphatic heterocycles. The summed E-state index contributed by atoms with van der Waals surface area (Å²) in [5.41, 5.74) is 0.682. The number of aliphatic carboxylic acids is 1. The second-order valence-corrected chi connectivity index (χ2v) is 5.34. The molecule has 1 saturated heterocycles. The molecule has 7 nitrogen and oxygen atoms in total. The minimum Gasteiger partial charge on any atom is -0.478 e. The van der Waals surface area contributed by atoms with Gasteiger partial charge in [0, 0.05) is 12.6 Å². The van der Waals surface area contributed by atoms with Gasteiger partial charge in [-0.3, -0.25) is 10.1 Å². The van der Waals surface area contributed by atoms with Crippen molar-refractivity contribution in [3.05, 3.63) is 47.5 Å². The molecule has 0 aromatic heterocycles. The first-order valence-electron chi connectivity index (χ1n) is 7.62. The molecule has 128 valence electrons. The summed E-state index contributed by atoms with van der Waals surface area (Å²) in [5.74, 6) is -2.43. The van der Waals surface area contributed by atoms with E-state index >= 15 is 0 Å². The van der Waals surface area contributed by atoms with Gasteiger partial charge in [-0.2, -0.15) is 0 Å². The minimum absolute atomic E-state index is 0.102. The lowest BCUT2D eigenvalue weighted by Gasteiger charge is -2.13. The van der Waals surface area contributed by atoms with Gasteiger partial charge >= 0.3 is 11.9 Å². The van der Waals surface area contributed by atoms with Crippen LogP contribution in [-0.2, 0) is 30.3 Å². The van der Waals surface area contributed by atoms with Gasteiger partial charge in [-0.05, 0) is 24.8 Å². The lowest BCUT2D eigenvalue weighted by atomic mass is 10.1. The normalized spacial score (nSPS) is 20.6. The zero-order valence-electron chi connectivity index (χ0n) is 13.0. The highest BCUT2D eigenvalue weighted by atomic mass is 16.7. The zero-order chi connectivity index (χ0) is 17.4. The molecule has 24 heavy (non-hydrogen) atoms. The molecule has 7 heteroatoms. The number of carboxylic acid groups (broad SMARTS) is 1. The molecule has 0 radical (unpaired) electrons. The van der Waals surface area contributed by atoms with E-state index in [1.165, 1.54) is 5.56 Å². The highest BCUT2D eigenvalue weighted by Gasteiger charge is 2.28. The van der Waals surface area contributed by atoms with Crippen LogP contribution in [0.1, 0.15) is 18.4 Å². The van der Waals surface area contributed by atoms with Crippen LogP contribution in [-0.4, -0.2) is 42.4 Å². The minimum atomic E-state index is -1.40. The Hall–Kier alpha value is -2.51. The van der Waals surface area contributed by atoms with Gasteiger partial charge in [0.1, 0.15) is 5.57 Å².